The molecule has 0 aliphatic heterocycles. The van der Waals surface area contributed by atoms with Gasteiger partial charge in [0.1, 0.15) is 11.8 Å². The second kappa shape index (κ2) is 7.06. The predicted octanol–water partition coefficient (Wildman–Crippen LogP) is 3.83. The molecular formula is C22H14N4O. The number of rotatable bonds is 3. The molecule has 27 heavy (non-hydrogen) atoms. The Morgan fingerprint density at radius 2 is 1.78 bits per heavy atom. The van der Waals surface area contributed by atoms with Crippen molar-refractivity contribution in [2.24, 2.45) is 0 Å². The van der Waals surface area contributed by atoms with Crippen LogP contribution in [-0.4, -0.2) is 14.5 Å². The first-order valence-electron chi connectivity index (χ1n) is 8.36. The minimum Gasteiger partial charge on any atom is -0.282 e. The number of pyridine rings is 3. The molecule has 0 atom stereocenters. The smallest absolute Gasteiger partial charge is 0.264 e. The summed E-state index contributed by atoms with van der Waals surface area (Å²) in [6, 6.07) is 22.3. The molecule has 1 aromatic carbocycles. The summed E-state index contributed by atoms with van der Waals surface area (Å²) in [5.74, 6) is 0. The molecule has 0 fully saturated rings. The van der Waals surface area contributed by atoms with Crippen molar-refractivity contribution in [3.8, 4) is 34.1 Å². The SMILES string of the molecule is N#Cc1cccc(-c2cc(-c3ccccc3)cn(-c3cccnc3)c2=O)n1. The molecule has 3 aromatic heterocycles. The van der Waals surface area contributed by atoms with Crippen LogP contribution in [0.2, 0.25) is 0 Å². The summed E-state index contributed by atoms with van der Waals surface area (Å²) in [7, 11) is 0. The summed E-state index contributed by atoms with van der Waals surface area (Å²) in [4.78, 5) is 21.6. The molecule has 3 heterocycles. The molecule has 0 spiro atoms. The second-order valence-corrected chi connectivity index (χ2v) is 5.91. The van der Waals surface area contributed by atoms with Crippen LogP contribution in [0.25, 0.3) is 28.1 Å². The molecular weight excluding hydrogens is 336 g/mol. The molecule has 4 rings (SSSR count). The van der Waals surface area contributed by atoms with E-state index < -0.39 is 0 Å². The molecule has 0 radical (unpaired) electrons. The third-order valence-corrected chi connectivity index (χ3v) is 4.19. The second-order valence-electron chi connectivity index (χ2n) is 5.91. The molecule has 5 heteroatoms. The van der Waals surface area contributed by atoms with Crippen LogP contribution in [0.5, 0.6) is 0 Å². The molecule has 5 nitrogen and oxygen atoms in total. The highest BCUT2D eigenvalue weighted by molar-refractivity contribution is 5.71. The van der Waals surface area contributed by atoms with Crippen LogP contribution < -0.4 is 5.56 Å². The first-order chi connectivity index (χ1) is 13.3. The van der Waals surface area contributed by atoms with E-state index in [1.165, 1.54) is 0 Å². The van der Waals surface area contributed by atoms with Crippen LogP contribution in [0.4, 0.5) is 0 Å². The average Bonchev–Trinajstić information content (AvgIpc) is 2.75. The van der Waals surface area contributed by atoms with Gasteiger partial charge < -0.3 is 0 Å². The standard InChI is InChI=1S/C22H14N4O/c23-13-18-8-4-10-21(25-18)20-12-17(16-6-2-1-3-7-16)15-26(22(20)27)19-9-5-11-24-14-19/h1-12,14-15H. The Kier molecular flexibility index (Phi) is 4.30. The third kappa shape index (κ3) is 3.24. The van der Waals surface area contributed by atoms with E-state index in [1.54, 1.807) is 47.4 Å². The number of hydrogen-bond donors (Lipinski definition) is 0. The zero-order valence-electron chi connectivity index (χ0n) is 14.3. The van der Waals surface area contributed by atoms with E-state index in [-0.39, 0.29) is 11.3 Å². The topological polar surface area (TPSA) is 71.6 Å². The van der Waals surface area contributed by atoms with Gasteiger partial charge in [0.25, 0.3) is 5.56 Å². The normalized spacial score (nSPS) is 10.3. The van der Waals surface area contributed by atoms with Gasteiger partial charge in [0, 0.05) is 12.4 Å². The van der Waals surface area contributed by atoms with Crippen molar-refractivity contribution in [1.82, 2.24) is 14.5 Å². The van der Waals surface area contributed by atoms with Gasteiger partial charge in [-0.05, 0) is 41.5 Å². The van der Waals surface area contributed by atoms with Crippen molar-refractivity contribution in [2.75, 3.05) is 0 Å². The van der Waals surface area contributed by atoms with Crippen molar-refractivity contribution >= 4 is 0 Å². The van der Waals surface area contributed by atoms with E-state index in [4.69, 9.17) is 5.26 Å². The molecule has 0 aliphatic carbocycles. The first-order valence-corrected chi connectivity index (χ1v) is 8.36. The summed E-state index contributed by atoms with van der Waals surface area (Å²) in [5.41, 5.74) is 3.46. The van der Waals surface area contributed by atoms with Gasteiger partial charge in [0.05, 0.1) is 23.1 Å². The molecule has 0 saturated carbocycles. The van der Waals surface area contributed by atoms with E-state index in [2.05, 4.69) is 9.97 Å². The fraction of sp³-hybridized carbons (Fsp3) is 0. The van der Waals surface area contributed by atoms with Gasteiger partial charge >= 0.3 is 0 Å². The van der Waals surface area contributed by atoms with E-state index in [0.29, 0.717) is 16.9 Å². The first kappa shape index (κ1) is 16.4. The average molecular weight is 350 g/mol. The monoisotopic (exact) mass is 350 g/mol. The Hall–Kier alpha value is -4.04. The number of nitriles is 1. The number of benzene rings is 1. The highest BCUT2D eigenvalue weighted by Gasteiger charge is 2.13. The zero-order chi connectivity index (χ0) is 18.6. The summed E-state index contributed by atoms with van der Waals surface area (Å²) < 4.78 is 1.56. The van der Waals surface area contributed by atoms with Gasteiger partial charge in [-0.25, -0.2) is 4.98 Å². The lowest BCUT2D eigenvalue weighted by Crippen LogP contribution is -2.20. The zero-order valence-corrected chi connectivity index (χ0v) is 14.3. The Morgan fingerprint density at radius 1 is 0.926 bits per heavy atom. The largest absolute Gasteiger partial charge is 0.282 e. The molecule has 0 saturated heterocycles. The molecule has 0 aliphatic rings. The molecule has 0 unspecified atom stereocenters. The maximum atomic E-state index is 13.2. The Bertz CT molecular complexity index is 1190. The van der Waals surface area contributed by atoms with Crippen LogP contribution in [0, 0.1) is 11.3 Å². The minimum atomic E-state index is -0.217. The highest BCUT2D eigenvalue weighted by atomic mass is 16.1. The van der Waals surface area contributed by atoms with Crippen LogP contribution in [0.3, 0.4) is 0 Å². The van der Waals surface area contributed by atoms with Crippen molar-refractivity contribution in [1.29, 1.82) is 5.26 Å². The number of aromatic nitrogens is 3. The quantitative estimate of drug-likeness (QED) is 0.563. The summed E-state index contributed by atoms with van der Waals surface area (Å²) in [6.07, 6.45) is 5.10. The van der Waals surface area contributed by atoms with Crippen LogP contribution in [0.15, 0.2) is 90.1 Å². The van der Waals surface area contributed by atoms with Crippen molar-refractivity contribution < 1.29 is 0 Å². The Morgan fingerprint density at radius 3 is 2.52 bits per heavy atom. The lowest BCUT2D eigenvalue weighted by molar-refractivity contribution is 0.980. The van der Waals surface area contributed by atoms with Crippen LogP contribution >= 0.6 is 0 Å². The van der Waals surface area contributed by atoms with Gasteiger partial charge in [0.15, 0.2) is 0 Å². The Balaban J connectivity index is 2.01. The maximum absolute atomic E-state index is 13.2. The summed E-state index contributed by atoms with van der Waals surface area (Å²) in [5, 5.41) is 9.14. The van der Waals surface area contributed by atoms with Gasteiger partial charge in [-0.2, -0.15) is 5.26 Å². The lowest BCUT2D eigenvalue weighted by atomic mass is 10.0. The van der Waals surface area contributed by atoms with Crippen molar-refractivity contribution in [3.63, 3.8) is 0 Å². The predicted molar refractivity (Wildman–Crippen MR) is 103 cm³/mol. The molecule has 4 aromatic rings. The van der Waals surface area contributed by atoms with Crippen molar-refractivity contribution in [2.45, 2.75) is 0 Å². The van der Waals surface area contributed by atoms with Crippen LogP contribution in [0.1, 0.15) is 5.69 Å². The van der Waals surface area contributed by atoms with Gasteiger partial charge in [-0.15, -0.1) is 0 Å². The van der Waals surface area contributed by atoms with Crippen LogP contribution in [-0.2, 0) is 0 Å². The fourth-order valence-corrected chi connectivity index (χ4v) is 2.89. The molecule has 128 valence electrons. The van der Waals surface area contributed by atoms with E-state index in [9.17, 15) is 4.79 Å². The van der Waals surface area contributed by atoms with Gasteiger partial charge in [-0.1, -0.05) is 36.4 Å². The van der Waals surface area contributed by atoms with E-state index >= 15 is 0 Å². The number of nitrogens with zero attached hydrogens (tertiary/aromatic N) is 4. The molecule has 0 N–H and O–H groups in total. The highest BCUT2D eigenvalue weighted by Crippen LogP contribution is 2.24. The fourth-order valence-electron chi connectivity index (χ4n) is 2.89. The summed E-state index contributed by atoms with van der Waals surface area (Å²) in [6.45, 7) is 0. The maximum Gasteiger partial charge on any atom is 0.264 e. The third-order valence-electron chi connectivity index (χ3n) is 4.19. The van der Waals surface area contributed by atoms with Crippen molar-refractivity contribution in [3.05, 3.63) is 101 Å². The van der Waals surface area contributed by atoms with E-state index in [1.807, 2.05) is 48.5 Å². The minimum absolute atomic E-state index is 0.217. The Labute approximate surface area is 155 Å². The van der Waals surface area contributed by atoms with E-state index in [0.717, 1.165) is 11.1 Å². The lowest BCUT2D eigenvalue weighted by Gasteiger charge is -2.12. The van der Waals surface area contributed by atoms with Gasteiger partial charge in [0.2, 0.25) is 0 Å². The van der Waals surface area contributed by atoms with Gasteiger partial charge in [-0.3, -0.25) is 14.3 Å². The molecule has 0 bridgehead atoms. The number of hydrogen-bond acceptors (Lipinski definition) is 4. The molecule has 0 amide bonds. The summed E-state index contributed by atoms with van der Waals surface area (Å²) >= 11 is 0.